The summed E-state index contributed by atoms with van der Waals surface area (Å²) in [6.45, 7) is 3.97. The van der Waals surface area contributed by atoms with Crippen LogP contribution in [0.25, 0.3) is 0 Å². The maximum Gasteiger partial charge on any atom is 0.226 e. The van der Waals surface area contributed by atoms with Crippen LogP contribution >= 0.6 is 0 Å². The molecule has 110 valence electrons. The molecule has 20 heavy (non-hydrogen) atoms. The van der Waals surface area contributed by atoms with Gasteiger partial charge in [-0.15, -0.1) is 0 Å². The average Bonchev–Trinajstić information content (AvgIpc) is 2.48. The first-order valence-corrected chi connectivity index (χ1v) is 7.71. The summed E-state index contributed by atoms with van der Waals surface area (Å²) < 4.78 is 13.5. The quantitative estimate of drug-likeness (QED) is 0.791. The fourth-order valence-electron chi connectivity index (χ4n) is 3.23. The van der Waals surface area contributed by atoms with Crippen molar-refractivity contribution in [1.82, 2.24) is 0 Å². The second-order valence-electron chi connectivity index (χ2n) is 5.74. The second kappa shape index (κ2) is 6.87. The lowest BCUT2D eigenvalue weighted by atomic mass is 9.83. The molecule has 1 aromatic carbocycles. The Labute approximate surface area is 121 Å². The van der Waals surface area contributed by atoms with Gasteiger partial charge in [0.05, 0.1) is 0 Å². The molecule has 1 aliphatic carbocycles. The van der Waals surface area contributed by atoms with E-state index in [2.05, 4.69) is 6.92 Å². The zero-order valence-electron chi connectivity index (χ0n) is 12.4. The number of rotatable bonds is 4. The Morgan fingerprint density at radius 2 is 2.05 bits per heavy atom. The summed E-state index contributed by atoms with van der Waals surface area (Å²) in [5.41, 5.74) is 0.690. The highest BCUT2D eigenvalue weighted by atomic mass is 19.1. The predicted octanol–water partition coefficient (Wildman–Crippen LogP) is 4.54. The normalized spacial score (nSPS) is 17.8. The van der Waals surface area contributed by atoms with E-state index in [1.165, 1.54) is 44.2 Å². The van der Waals surface area contributed by atoms with Gasteiger partial charge in [0.25, 0.3) is 0 Å². The molecule has 1 unspecified atom stereocenters. The minimum atomic E-state index is -0.285. The van der Waals surface area contributed by atoms with Gasteiger partial charge in [-0.2, -0.15) is 0 Å². The highest BCUT2D eigenvalue weighted by molar-refractivity contribution is 5.93. The molecule has 0 radical (unpaired) electrons. The lowest BCUT2D eigenvalue weighted by molar-refractivity contribution is -0.119. The Hall–Kier alpha value is -1.38. The smallest absolute Gasteiger partial charge is 0.226 e. The van der Waals surface area contributed by atoms with Crippen LogP contribution in [-0.4, -0.2) is 11.9 Å². The van der Waals surface area contributed by atoms with Gasteiger partial charge in [0.15, 0.2) is 0 Å². The number of hydrogen-bond acceptors (Lipinski definition) is 1. The van der Waals surface area contributed by atoms with E-state index in [9.17, 15) is 9.18 Å². The van der Waals surface area contributed by atoms with Gasteiger partial charge in [-0.3, -0.25) is 4.79 Å². The van der Waals surface area contributed by atoms with Crippen molar-refractivity contribution in [1.29, 1.82) is 0 Å². The third-order valence-corrected chi connectivity index (χ3v) is 4.40. The van der Waals surface area contributed by atoms with E-state index in [4.69, 9.17) is 0 Å². The largest absolute Gasteiger partial charge is 0.309 e. The van der Waals surface area contributed by atoms with E-state index >= 15 is 0 Å². The molecular weight excluding hydrogens is 253 g/mol. The van der Waals surface area contributed by atoms with Gasteiger partial charge in [-0.25, -0.2) is 4.39 Å². The molecule has 0 bridgehead atoms. The summed E-state index contributed by atoms with van der Waals surface area (Å²) in [5.74, 6) is 0.323. The zero-order valence-corrected chi connectivity index (χ0v) is 12.4. The minimum absolute atomic E-state index is 0.0775. The first kappa shape index (κ1) is 15.0. The van der Waals surface area contributed by atoms with Crippen molar-refractivity contribution in [3.63, 3.8) is 0 Å². The summed E-state index contributed by atoms with van der Waals surface area (Å²) in [6.07, 6.45) is 6.57. The van der Waals surface area contributed by atoms with Gasteiger partial charge in [-0.1, -0.05) is 32.3 Å². The fraction of sp³-hybridized carbons (Fsp3) is 0.588. The Balaban J connectivity index is 2.24. The number of nitrogens with zero attached hydrogens (tertiary/aromatic N) is 1. The van der Waals surface area contributed by atoms with Gasteiger partial charge in [0.1, 0.15) is 5.82 Å². The molecule has 1 saturated carbocycles. The van der Waals surface area contributed by atoms with Gasteiger partial charge in [0, 0.05) is 18.2 Å². The molecule has 1 atom stereocenters. The third kappa shape index (κ3) is 3.38. The van der Waals surface area contributed by atoms with Gasteiger partial charge < -0.3 is 4.90 Å². The van der Waals surface area contributed by atoms with Gasteiger partial charge in [0.2, 0.25) is 5.91 Å². The van der Waals surface area contributed by atoms with E-state index in [0.717, 1.165) is 0 Å². The lowest BCUT2D eigenvalue weighted by Crippen LogP contribution is -2.43. The molecule has 0 heterocycles. The van der Waals surface area contributed by atoms with Crippen LogP contribution in [0.3, 0.4) is 0 Å². The fourth-order valence-corrected chi connectivity index (χ4v) is 3.23. The van der Waals surface area contributed by atoms with Crippen molar-refractivity contribution in [2.75, 3.05) is 4.90 Å². The molecule has 0 saturated heterocycles. The van der Waals surface area contributed by atoms with Crippen molar-refractivity contribution in [2.24, 2.45) is 5.92 Å². The van der Waals surface area contributed by atoms with E-state index in [1.807, 2.05) is 13.0 Å². The molecule has 1 fully saturated rings. The van der Waals surface area contributed by atoms with Crippen molar-refractivity contribution in [2.45, 2.75) is 58.4 Å². The Bertz CT molecular complexity index is 454. The van der Waals surface area contributed by atoms with E-state index in [-0.39, 0.29) is 17.8 Å². The number of amides is 1. The summed E-state index contributed by atoms with van der Waals surface area (Å²) in [7, 11) is 0. The molecule has 0 aromatic heterocycles. The summed E-state index contributed by atoms with van der Waals surface area (Å²) >= 11 is 0. The third-order valence-electron chi connectivity index (χ3n) is 4.40. The number of anilines is 1. The maximum atomic E-state index is 13.5. The Morgan fingerprint density at radius 1 is 1.35 bits per heavy atom. The Morgan fingerprint density at radius 3 is 2.65 bits per heavy atom. The first-order chi connectivity index (χ1) is 9.63. The van der Waals surface area contributed by atoms with E-state index < -0.39 is 0 Å². The van der Waals surface area contributed by atoms with Crippen LogP contribution in [0, 0.1) is 11.7 Å². The van der Waals surface area contributed by atoms with Crippen LogP contribution in [-0.2, 0) is 4.79 Å². The standard InChI is InChI=1S/C17H24FNO/c1-3-17(20)19(16-11-7-10-15(18)12-16)13(2)14-8-5-4-6-9-14/h7,10-14H,3-6,8-9H2,1-2H3. The maximum absolute atomic E-state index is 13.5. The van der Waals surface area contributed by atoms with Crippen molar-refractivity contribution >= 4 is 11.6 Å². The Kier molecular flexibility index (Phi) is 5.16. The van der Waals surface area contributed by atoms with Gasteiger partial charge in [-0.05, 0) is 43.9 Å². The monoisotopic (exact) mass is 277 g/mol. The topological polar surface area (TPSA) is 20.3 Å². The number of hydrogen-bond donors (Lipinski definition) is 0. The molecule has 2 rings (SSSR count). The zero-order chi connectivity index (χ0) is 14.5. The molecule has 3 heteroatoms. The number of benzene rings is 1. The number of carbonyl (C=O) groups is 1. The van der Waals surface area contributed by atoms with Crippen LogP contribution in [0.1, 0.15) is 52.4 Å². The number of carbonyl (C=O) groups excluding carboxylic acids is 1. The highest BCUT2D eigenvalue weighted by Gasteiger charge is 2.28. The van der Waals surface area contributed by atoms with Crippen LogP contribution in [0.5, 0.6) is 0 Å². The summed E-state index contributed by atoms with van der Waals surface area (Å²) in [4.78, 5) is 14.1. The molecule has 0 N–H and O–H groups in total. The van der Waals surface area contributed by atoms with Crippen LogP contribution in [0.15, 0.2) is 24.3 Å². The van der Waals surface area contributed by atoms with Crippen LogP contribution in [0.4, 0.5) is 10.1 Å². The number of halogens is 1. The lowest BCUT2D eigenvalue weighted by Gasteiger charge is -2.36. The summed E-state index contributed by atoms with van der Waals surface area (Å²) in [6, 6.07) is 6.53. The highest BCUT2D eigenvalue weighted by Crippen LogP contribution is 2.31. The molecule has 0 spiro atoms. The van der Waals surface area contributed by atoms with Crippen molar-refractivity contribution < 1.29 is 9.18 Å². The average molecular weight is 277 g/mol. The van der Waals surface area contributed by atoms with E-state index in [1.54, 1.807) is 11.0 Å². The van der Waals surface area contributed by atoms with Crippen molar-refractivity contribution in [3.05, 3.63) is 30.1 Å². The second-order valence-corrected chi connectivity index (χ2v) is 5.74. The summed E-state index contributed by atoms with van der Waals surface area (Å²) in [5, 5.41) is 0. The molecule has 1 aromatic rings. The van der Waals surface area contributed by atoms with Crippen LogP contribution in [0.2, 0.25) is 0 Å². The molecule has 1 aliphatic rings. The van der Waals surface area contributed by atoms with Gasteiger partial charge >= 0.3 is 0 Å². The molecular formula is C17H24FNO. The SMILES string of the molecule is CCC(=O)N(c1cccc(F)c1)C(C)C1CCCCC1. The van der Waals surface area contributed by atoms with Crippen molar-refractivity contribution in [3.8, 4) is 0 Å². The van der Waals surface area contributed by atoms with Crippen LogP contribution < -0.4 is 4.90 Å². The first-order valence-electron chi connectivity index (χ1n) is 7.71. The van der Waals surface area contributed by atoms with E-state index in [0.29, 0.717) is 18.0 Å². The molecule has 1 amide bonds. The minimum Gasteiger partial charge on any atom is -0.309 e. The predicted molar refractivity (Wildman–Crippen MR) is 80.2 cm³/mol. The molecule has 0 aliphatic heterocycles. The molecule has 2 nitrogen and oxygen atoms in total.